The quantitative estimate of drug-likeness (QED) is 0.757. The maximum Gasteiger partial charge on any atom is 0.122 e. The summed E-state index contributed by atoms with van der Waals surface area (Å²) in [6.45, 7) is 1.17. The summed E-state index contributed by atoms with van der Waals surface area (Å²) in [6, 6.07) is 8.90. The third-order valence-corrected chi connectivity index (χ3v) is 2.58. The fourth-order valence-electron chi connectivity index (χ4n) is 1.66. The minimum absolute atomic E-state index is 0.663. The number of para-hydroxylation sites is 1. The molecule has 2 rings (SSSR count). The van der Waals surface area contributed by atoms with Crippen molar-refractivity contribution in [3.63, 3.8) is 0 Å². The summed E-state index contributed by atoms with van der Waals surface area (Å²) < 4.78 is 5.29. The van der Waals surface area contributed by atoms with E-state index >= 15 is 0 Å². The Kier molecular flexibility index (Phi) is 2.50. The molecule has 70 valence electrons. The van der Waals surface area contributed by atoms with Crippen LogP contribution in [0.25, 0.3) is 0 Å². The van der Waals surface area contributed by atoms with Crippen LogP contribution in [0, 0.1) is 0 Å². The first kappa shape index (κ1) is 8.57. The van der Waals surface area contributed by atoms with Crippen LogP contribution in [0.15, 0.2) is 24.3 Å². The van der Waals surface area contributed by atoms with E-state index in [0.29, 0.717) is 6.04 Å². The van der Waals surface area contributed by atoms with Gasteiger partial charge in [-0.2, -0.15) is 0 Å². The van der Waals surface area contributed by atoms with Crippen molar-refractivity contribution in [1.29, 1.82) is 0 Å². The van der Waals surface area contributed by atoms with Gasteiger partial charge in [-0.1, -0.05) is 18.2 Å². The van der Waals surface area contributed by atoms with Crippen molar-refractivity contribution in [3.8, 4) is 5.75 Å². The van der Waals surface area contributed by atoms with E-state index in [0.717, 1.165) is 12.2 Å². The lowest BCUT2D eigenvalue weighted by Gasteiger charge is -2.28. The highest BCUT2D eigenvalue weighted by atomic mass is 16.5. The predicted molar refractivity (Wildman–Crippen MR) is 53.1 cm³/mol. The Morgan fingerprint density at radius 1 is 1.46 bits per heavy atom. The van der Waals surface area contributed by atoms with Crippen LogP contribution in [0.4, 0.5) is 0 Å². The molecule has 1 N–H and O–H groups in total. The fraction of sp³-hybridized carbons (Fsp3) is 0.455. The van der Waals surface area contributed by atoms with Gasteiger partial charge in [-0.15, -0.1) is 0 Å². The number of ether oxygens (including phenoxy) is 1. The number of rotatable bonds is 3. The predicted octanol–water partition coefficient (Wildman–Crippen LogP) is 1.60. The minimum Gasteiger partial charge on any atom is -0.496 e. The Bertz CT molecular complexity index is 281. The van der Waals surface area contributed by atoms with Gasteiger partial charge in [0.1, 0.15) is 5.75 Å². The van der Waals surface area contributed by atoms with Gasteiger partial charge >= 0.3 is 0 Å². The molecule has 0 bridgehead atoms. The number of methoxy groups -OCH3 is 1. The molecule has 1 aromatic carbocycles. The lowest BCUT2D eigenvalue weighted by molar-refractivity contribution is 0.358. The number of hydrogen-bond donors (Lipinski definition) is 1. The summed E-state index contributed by atoms with van der Waals surface area (Å²) in [5.74, 6) is 1.01. The molecule has 2 nitrogen and oxygen atoms in total. The molecule has 2 heteroatoms. The largest absolute Gasteiger partial charge is 0.496 e. The molecule has 1 fully saturated rings. The number of nitrogens with one attached hydrogen (secondary N) is 1. The molecule has 0 aromatic heterocycles. The van der Waals surface area contributed by atoms with E-state index in [1.54, 1.807) is 7.11 Å². The first-order chi connectivity index (χ1) is 6.40. The van der Waals surface area contributed by atoms with Gasteiger partial charge in [0, 0.05) is 6.04 Å². The highest BCUT2D eigenvalue weighted by Gasteiger charge is 2.17. The topological polar surface area (TPSA) is 21.3 Å². The van der Waals surface area contributed by atoms with E-state index in [9.17, 15) is 0 Å². The lowest BCUT2D eigenvalue weighted by atomic mass is 9.98. The van der Waals surface area contributed by atoms with E-state index in [1.807, 2.05) is 12.1 Å². The van der Waals surface area contributed by atoms with E-state index in [2.05, 4.69) is 17.4 Å². The van der Waals surface area contributed by atoms with Crippen molar-refractivity contribution in [2.75, 3.05) is 13.7 Å². The fourth-order valence-corrected chi connectivity index (χ4v) is 1.66. The van der Waals surface area contributed by atoms with Crippen LogP contribution in [0.3, 0.4) is 0 Å². The summed E-state index contributed by atoms with van der Waals surface area (Å²) >= 11 is 0. The van der Waals surface area contributed by atoms with Crippen molar-refractivity contribution >= 4 is 0 Å². The Labute approximate surface area is 78.9 Å². The first-order valence-corrected chi connectivity index (χ1v) is 4.75. The van der Waals surface area contributed by atoms with Crippen LogP contribution in [0.5, 0.6) is 5.75 Å². The standard InChI is InChI=1S/C11H15NO/c1-13-11-5-3-2-4-9(11)8-10-6-7-12-10/h2-5,10,12H,6-8H2,1H3. The van der Waals surface area contributed by atoms with Crippen LogP contribution in [0.1, 0.15) is 12.0 Å². The molecule has 1 aliphatic rings. The molecule has 0 aliphatic carbocycles. The molecule has 1 atom stereocenters. The molecule has 0 saturated carbocycles. The van der Waals surface area contributed by atoms with Gasteiger partial charge in [0.05, 0.1) is 7.11 Å². The lowest BCUT2D eigenvalue weighted by Crippen LogP contribution is -2.44. The van der Waals surface area contributed by atoms with Crippen molar-refractivity contribution < 1.29 is 4.74 Å². The summed E-state index contributed by atoms with van der Waals surface area (Å²) in [6.07, 6.45) is 2.38. The van der Waals surface area contributed by atoms with Crippen molar-refractivity contribution in [1.82, 2.24) is 5.32 Å². The van der Waals surface area contributed by atoms with Crippen LogP contribution >= 0.6 is 0 Å². The van der Waals surface area contributed by atoms with Crippen molar-refractivity contribution in [2.24, 2.45) is 0 Å². The molecule has 0 radical (unpaired) electrons. The molecule has 0 amide bonds. The first-order valence-electron chi connectivity index (χ1n) is 4.75. The van der Waals surface area contributed by atoms with Crippen LogP contribution in [-0.2, 0) is 6.42 Å². The smallest absolute Gasteiger partial charge is 0.122 e. The van der Waals surface area contributed by atoms with Gasteiger partial charge in [0.2, 0.25) is 0 Å². The third kappa shape index (κ3) is 1.83. The summed E-state index contributed by atoms with van der Waals surface area (Å²) in [5, 5.41) is 3.39. The zero-order valence-corrected chi connectivity index (χ0v) is 7.92. The van der Waals surface area contributed by atoms with Crippen LogP contribution < -0.4 is 10.1 Å². The molecule has 1 unspecified atom stereocenters. The van der Waals surface area contributed by atoms with E-state index in [-0.39, 0.29) is 0 Å². The van der Waals surface area contributed by atoms with Gasteiger partial charge in [0.25, 0.3) is 0 Å². The van der Waals surface area contributed by atoms with Gasteiger partial charge in [0.15, 0.2) is 0 Å². The molecule has 1 aliphatic heterocycles. The highest BCUT2D eigenvalue weighted by molar-refractivity contribution is 5.34. The van der Waals surface area contributed by atoms with Gasteiger partial charge < -0.3 is 10.1 Å². The molecule has 1 heterocycles. The Morgan fingerprint density at radius 2 is 2.23 bits per heavy atom. The van der Waals surface area contributed by atoms with Crippen LogP contribution in [0.2, 0.25) is 0 Å². The SMILES string of the molecule is COc1ccccc1CC1CCN1. The maximum absolute atomic E-state index is 5.29. The van der Waals surface area contributed by atoms with Crippen molar-refractivity contribution in [3.05, 3.63) is 29.8 Å². The van der Waals surface area contributed by atoms with E-state index in [4.69, 9.17) is 4.74 Å². The van der Waals surface area contributed by atoms with Gasteiger partial charge in [-0.25, -0.2) is 0 Å². The van der Waals surface area contributed by atoms with Crippen LogP contribution in [-0.4, -0.2) is 19.7 Å². The second-order valence-corrected chi connectivity index (χ2v) is 3.46. The van der Waals surface area contributed by atoms with E-state index < -0.39 is 0 Å². The zero-order chi connectivity index (χ0) is 9.10. The Balaban J connectivity index is 2.08. The molecule has 0 spiro atoms. The average Bonchev–Trinajstić information content (AvgIpc) is 2.12. The van der Waals surface area contributed by atoms with Gasteiger partial charge in [-0.05, 0) is 31.0 Å². The zero-order valence-electron chi connectivity index (χ0n) is 7.92. The molecule has 1 aromatic rings. The van der Waals surface area contributed by atoms with Crippen molar-refractivity contribution in [2.45, 2.75) is 18.9 Å². The second kappa shape index (κ2) is 3.79. The monoisotopic (exact) mass is 177 g/mol. The summed E-state index contributed by atoms with van der Waals surface area (Å²) in [5.41, 5.74) is 1.31. The molecular formula is C11H15NO. The van der Waals surface area contributed by atoms with E-state index in [1.165, 1.54) is 18.5 Å². The molecule has 13 heavy (non-hydrogen) atoms. The molecular weight excluding hydrogens is 162 g/mol. The summed E-state index contributed by atoms with van der Waals surface area (Å²) in [7, 11) is 1.73. The number of hydrogen-bond acceptors (Lipinski definition) is 2. The Hall–Kier alpha value is -1.02. The Morgan fingerprint density at radius 3 is 2.85 bits per heavy atom. The maximum atomic E-state index is 5.29. The second-order valence-electron chi connectivity index (χ2n) is 3.46. The normalized spacial score (nSPS) is 20.8. The molecule has 1 saturated heterocycles. The summed E-state index contributed by atoms with van der Waals surface area (Å²) in [4.78, 5) is 0. The average molecular weight is 177 g/mol. The van der Waals surface area contributed by atoms with Gasteiger partial charge in [-0.3, -0.25) is 0 Å². The third-order valence-electron chi connectivity index (χ3n) is 2.58. The highest BCUT2D eigenvalue weighted by Crippen LogP contribution is 2.21. The minimum atomic E-state index is 0.663. The number of benzene rings is 1.